The van der Waals surface area contributed by atoms with Crippen LogP contribution in [0.4, 0.5) is 0 Å². The molecular formula is C16H23N. The lowest BCUT2D eigenvalue weighted by atomic mass is 9.73. The fourth-order valence-corrected chi connectivity index (χ4v) is 3.71. The van der Waals surface area contributed by atoms with E-state index in [2.05, 4.69) is 42.6 Å². The molecule has 0 amide bonds. The van der Waals surface area contributed by atoms with Crippen molar-refractivity contribution in [1.29, 1.82) is 0 Å². The van der Waals surface area contributed by atoms with Crippen molar-refractivity contribution in [2.75, 3.05) is 13.1 Å². The van der Waals surface area contributed by atoms with Crippen LogP contribution in [0.25, 0.3) is 0 Å². The van der Waals surface area contributed by atoms with Crippen LogP contribution in [0.15, 0.2) is 30.3 Å². The van der Waals surface area contributed by atoms with E-state index in [0.29, 0.717) is 5.41 Å². The number of piperidine rings is 1. The van der Waals surface area contributed by atoms with Gasteiger partial charge in [0, 0.05) is 0 Å². The van der Waals surface area contributed by atoms with Crippen LogP contribution >= 0.6 is 0 Å². The van der Waals surface area contributed by atoms with Crippen LogP contribution < -0.4 is 5.32 Å². The summed E-state index contributed by atoms with van der Waals surface area (Å²) in [6.45, 7) is 4.94. The van der Waals surface area contributed by atoms with Crippen molar-refractivity contribution < 1.29 is 0 Å². The van der Waals surface area contributed by atoms with E-state index in [-0.39, 0.29) is 0 Å². The maximum atomic E-state index is 3.48. The third-order valence-electron chi connectivity index (χ3n) is 5.10. The Balaban J connectivity index is 1.78. The zero-order chi connectivity index (χ0) is 11.7. The molecule has 1 unspecified atom stereocenters. The highest BCUT2D eigenvalue weighted by atomic mass is 14.9. The standard InChI is InChI=1S/C16H23N/c1-13(14-7-11-17-12-8-14)16(9-10-16)15-5-3-2-4-6-15/h2-6,13-14,17H,7-12H2,1H3. The van der Waals surface area contributed by atoms with Gasteiger partial charge >= 0.3 is 0 Å². The van der Waals surface area contributed by atoms with Gasteiger partial charge in [0.05, 0.1) is 0 Å². The average Bonchev–Trinajstić information content (AvgIpc) is 3.21. The van der Waals surface area contributed by atoms with Gasteiger partial charge in [0.15, 0.2) is 0 Å². The fourth-order valence-electron chi connectivity index (χ4n) is 3.71. The molecule has 0 radical (unpaired) electrons. The normalized spacial score (nSPS) is 25.5. The molecule has 0 spiro atoms. The number of hydrogen-bond donors (Lipinski definition) is 1. The summed E-state index contributed by atoms with van der Waals surface area (Å²) in [6, 6.07) is 11.2. The second-order valence-electron chi connectivity index (χ2n) is 5.90. The molecule has 0 aromatic heterocycles. The Labute approximate surface area is 105 Å². The van der Waals surface area contributed by atoms with Gasteiger partial charge in [-0.05, 0) is 61.6 Å². The summed E-state index contributed by atoms with van der Waals surface area (Å²) in [5.41, 5.74) is 2.12. The van der Waals surface area contributed by atoms with Gasteiger partial charge in [-0.3, -0.25) is 0 Å². The smallest absolute Gasteiger partial charge is 0.00181 e. The molecule has 1 aromatic carbocycles. The van der Waals surface area contributed by atoms with Crippen molar-refractivity contribution in [2.24, 2.45) is 11.8 Å². The Morgan fingerprint density at radius 2 is 1.76 bits per heavy atom. The first kappa shape index (κ1) is 11.3. The van der Waals surface area contributed by atoms with E-state index in [1.54, 1.807) is 5.56 Å². The Bertz CT molecular complexity index is 360. The highest BCUT2D eigenvalue weighted by Gasteiger charge is 2.50. The van der Waals surface area contributed by atoms with E-state index in [9.17, 15) is 0 Å². The predicted octanol–water partition coefficient (Wildman–Crippen LogP) is 3.35. The molecule has 1 heterocycles. The van der Waals surface area contributed by atoms with E-state index in [1.807, 2.05) is 0 Å². The van der Waals surface area contributed by atoms with Crippen molar-refractivity contribution in [3.63, 3.8) is 0 Å². The Kier molecular flexibility index (Phi) is 2.96. The van der Waals surface area contributed by atoms with Gasteiger partial charge in [-0.2, -0.15) is 0 Å². The largest absolute Gasteiger partial charge is 0.317 e. The second-order valence-corrected chi connectivity index (χ2v) is 5.90. The summed E-state index contributed by atoms with van der Waals surface area (Å²) in [5.74, 6) is 1.78. The molecule has 0 bridgehead atoms. The van der Waals surface area contributed by atoms with Crippen LogP contribution in [0.5, 0.6) is 0 Å². The van der Waals surface area contributed by atoms with Gasteiger partial charge in [-0.25, -0.2) is 0 Å². The number of rotatable bonds is 3. The molecule has 1 heteroatoms. The van der Waals surface area contributed by atoms with E-state index in [1.165, 1.54) is 38.8 Å². The summed E-state index contributed by atoms with van der Waals surface area (Å²) < 4.78 is 0. The topological polar surface area (TPSA) is 12.0 Å². The van der Waals surface area contributed by atoms with Crippen LogP contribution in [0.2, 0.25) is 0 Å². The van der Waals surface area contributed by atoms with Crippen LogP contribution in [-0.2, 0) is 5.41 Å². The maximum Gasteiger partial charge on any atom is -0.00181 e. The molecule has 1 aromatic rings. The minimum atomic E-state index is 0.531. The third kappa shape index (κ3) is 2.01. The Hall–Kier alpha value is -0.820. The molecule has 3 rings (SSSR count). The van der Waals surface area contributed by atoms with Crippen molar-refractivity contribution in [1.82, 2.24) is 5.32 Å². The molecule has 2 fully saturated rings. The van der Waals surface area contributed by atoms with Crippen molar-refractivity contribution in [3.05, 3.63) is 35.9 Å². The van der Waals surface area contributed by atoms with E-state index in [4.69, 9.17) is 0 Å². The third-order valence-corrected chi connectivity index (χ3v) is 5.10. The van der Waals surface area contributed by atoms with Crippen LogP contribution in [-0.4, -0.2) is 13.1 Å². The zero-order valence-corrected chi connectivity index (χ0v) is 10.8. The molecule has 1 aliphatic heterocycles. The van der Waals surface area contributed by atoms with E-state index in [0.717, 1.165) is 11.8 Å². The van der Waals surface area contributed by atoms with Crippen LogP contribution in [0.3, 0.4) is 0 Å². The quantitative estimate of drug-likeness (QED) is 0.838. The first-order valence-electron chi connectivity index (χ1n) is 7.09. The Morgan fingerprint density at radius 3 is 2.35 bits per heavy atom. The molecule has 1 atom stereocenters. The van der Waals surface area contributed by atoms with Gasteiger partial charge < -0.3 is 5.32 Å². The molecule has 17 heavy (non-hydrogen) atoms. The van der Waals surface area contributed by atoms with Crippen LogP contribution in [0, 0.1) is 11.8 Å². The summed E-state index contributed by atoms with van der Waals surface area (Å²) in [6.07, 6.45) is 5.55. The molecule has 1 saturated carbocycles. The molecule has 1 nitrogen and oxygen atoms in total. The summed E-state index contributed by atoms with van der Waals surface area (Å²) in [4.78, 5) is 0. The highest BCUT2D eigenvalue weighted by molar-refractivity contribution is 5.32. The summed E-state index contributed by atoms with van der Waals surface area (Å²) in [5, 5.41) is 3.48. The molecule has 1 saturated heterocycles. The molecule has 1 N–H and O–H groups in total. The SMILES string of the molecule is CC(C1CCNCC1)C1(c2ccccc2)CC1. The molecule has 92 valence electrons. The van der Waals surface area contributed by atoms with Gasteiger partial charge in [0.25, 0.3) is 0 Å². The van der Waals surface area contributed by atoms with Gasteiger partial charge in [-0.1, -0.05) is 37.3 Å². The average molecular weight is 229 g/mol. The van der Waals surface area contributed by atoms with E-state index < -0.39 is 0 Å². The zero-order valence-electron chi connectivity index (χ0n) is 10.8. The van der Waals surface area contributed by atoms with Gasteiger partial charge in [0.2, 0.25) is 0 Å². The van der Waals surface area contributed by atoms with Gasteiger partial charge in [-0.15, -0.1) is 0 Å². The predicted molar refractivity (Wildman–Crippen MR) is 72.1 cm³/mol. The first-order valence-corrected chi connectivity index (χ1v) is 7.09. The fraction of sp³-hybridized carbons (Fsp3) is 0.625. The van der Waals surface area contributed by atoms with Crippen molar-refractivity contribution in [3.8, 4) is 0 Å². The highest BCUT2D eigenvalue weighted by Crippen LogP contribution is 2.56. The number of nitrogens with one attached hydrogen (secondary N) is 1. The lowest BCUT2D eigenvalue weighted by Gasteiger charge is -2.34. The minimum absolute atomic E-state index is 0.531. The monoisotopic (exact) mass is 229 g/mol. The molecule has 2 aliphatic rings. The minimum Gasteiger partial charge on any atom is -0.317 e. The molecular weight excluding hydrogens is 206 g/mol. The Morgan fingerprint density at radius 1 is 1.12 bits per heavy atom. The second kappa shape index (κ2) is 4.45. The molecule has 1 aliphatic carbocycles. The summed E-state index contributed by atoms with van der Waals surface area (Å²) >= 11 is 0. The first-order chi connectivity index (χ1) is 8.33. The lowest BCUT2D eigenvalue weighted by Crippen LogP contribution is -2.35. The lowest BCUT2D eigenvalue weighted by molar-refractivity contribution is 0.229. The number of benzene rings is 1. The maximum absolute atomic E-state index is 3.48. The van der Waals surface area contributed by atoms with Gasteiger partial charge in [0.1, 0.15) is 0 Å². The van der Waals surface area contributed by atoms with E-state index >= 15 is 0 Å². The summed E-state index contributed by atoms with van der Waals surface area (Å²) in [7, 11) is 0. The van der Waals surface area contributed by atoms with Crippen LogP contribution in [0.1, 0.15) is 38.2 Å². The van der Waals surface area contributed by atoms with Crippen molar-refractivity contribution >= 4 is 0 Å². The number of hydrogen-bond acceptors (Lipinski definition) is 1. The van der Waals surface area contributed by atoms with Crippen molar-refractivity contribution in [2.45, 2.75) is 38.0 Å².